The van der Waals surface area contributed by atoms with Crippen LogP contribution < -0.4 is 11.2 Å². The molecule has 10 heteroatoms. The number of carbonyl (C=O) groups is 1. The van der Waals surface area contributed by atoms with Gasteiger partial charge in [-0.15, -0.1) is 0 Å². The maximum Gasteiger partial charge on any atom is 0.332 e. The second-order valence-corrected chi connectivity index (χ2v) is 8.28. The van der Waals surface area contributed by atoms with Gasteiger partial charge in [-0.2, -0.15) is 0 Å². The Morgan fingerprint density at radius 2 is 1.81 bits per heavy atom. The van der Waals surface area contributed by atoms with Gasteiger partial charge in [0.25, 0.3) is 11.5 Å². The molecule has 2 aromatic heterocycles. The number of hydrogen-bond donors (Lipinski definition) is 1. The molecule has 0 saturated carbocycles. The van der Waals surface area contributed by atoms with Crippen molar-refractivity contribution in [1.82, 2.24) is 24.0 Å². The van der Waals surface area contributed by atoms with Crippen molar-refractivity contribution in [3.05, 3.63) is 51.0 Å². The number of aryl methyl sites for hydroxylation is 1. The summed E-state index contributed by atoms with van der Waals surface area (Å²) in [4.78, 5) is 47.0. The average molecular weight is 427 g/mol. The highest BCUT2D eigenvalue weighted by Crippen LogP contribution is 2.28. The molecule has 0 bridgehead atoms. The van der Waals surface area contributed by atoms with Gasteiger partial charge in [-0.05, 0) is 12.8 Å². The summed E-state index contributed by atoms with van der Waals surface area (Å²) in [5.74, 6) is 0.705. The number of H-pyrrole nitrogens is 1. The maximum atomic E-state index is 12.9. The molecule has 5 rings (SSSR count). The minimum atomic E-state index is -0.599. The molecule has 3 aliphatic rings. The van der Waals surface area contributed by atoms with Crippen LogP contribution in [-0.2, 0) is 28.4 Å². The molecule has 0 aromatic carbocycles. The monoisotopic (exact) mass is 427 g/mol. The lowest BCUT2D eigenvalue weighted by molar-refractivity contribution is -0.177. The van der Waals surface area contributed by atoms with E-state index in [4.69, 9.17) is 9.47 Å². The third-order valence-corrected chi connectivity index (χ3v) is 6.38. The SMILES string of the molecule is Cn1c(=O)c2[nH]c(C3CCN(C(=O)C4COC5C=CC=CC5O4)CC3)nc2n(C)c1=O. The fraction of sp³-hybridized carbons (Fsp3) is 0.524. The summed E-state index contributed by atoms with van der Waals surface area (Å²) in [6.07, 6.45) is 8.14. The molecule has 2 aromatic rings. The van der Waals surface area contributed by atoms with Crippen LogP contribution in [-0.4, -0.2) is 67.9 Å². The molecule has 2 fully saturated rings. The van der Waals surface area contributed by atoms with Crippen LogP contribution in [0.3, 0.4) is 0 Å². The normalized spacial score (nSPS) is 26.4. The summed E-state index contributed by atoms with van der Waals surface area (Å²) in [7, 11) is 3.05. The number of ether oxygens (including phenoxy) is 2. The largest absolute Gasteiger partial charge is 0.368 e. The highest BCUT2D eigenvalue weighted by Gasteiger charge is 2.37. The van der Waals surface area contributed by atoms with Crippen LogP contribution in [0.1, 0.15) is 24.6 Å². The first kappa shape index (κ1) is 20.0. The second-order valence-electron chi connectivity index (χ2n) is 8.28. The van der Waals surface area contributed by atoms with Gasteiger partial charge in [-0.1, -0.05) is 24.3 Å². The van der Waals surface area contributed by atoms with Gasteiger partial charge < -0.3 is 19.4 Å². The summed E-state index contributed by atoms with van der Waals surface area (Å²) >= 11 is 0. The summed E-state index contributed by atoms with van der Waals surface area (Å²) < 4.78 is 14.2. The average Bonchev–Trinajstić information content (AvgIpc) is 3.26. The van der Waals surface area contributed by atoms with Gasteiger partial charge in [0.1, 0.15) is 23.5 Å². The van der Waals surface area contributed by atoms with Gasteiger partial charge in [-0.3, -0.25) is 18.7 Å². The van der Waals surface area contributed by atoms with Gasteiger partial charge in [0.15, 0.2) is 11.8 Å². The Morgan fingerprint density at radius 3 is 2.55 bits per heavy atom. The number of piperidine rings is 1. The van der Waals surface area contributed by atoms with E-state index in [-0.39, 0.29) is 36.2 Å². The standard InChI is InChI=1S/C21H25N5O5/c1-24-18-16(20(28)25(2)21(24)29)22-17(23-18)12-7-9-26(10-8-12)19(27)15-11-30-13-5-3-4-6-14(13)31-15/h3-6,12-15H,7-11H2,1-2H3,(H,22,23). The molecule has 2 aliphatic heterocycles. The molecule has 10 nitrogen and oxygen atoms in total. The van der Waals surface area contributed by atoms with Gasteiger partial charge >= 0.3 is 5.69 Å². The van der Waals surface area contributed by atoms with E-state index < -0.39 is 11.8 Å². The fourth-order valence-corrected chi connectivity index (χ4v) is 4.51. The molecule has 3 unspecified atom stereocenters. The molecular weight excluding hydrogens is 402 g/mol. The van der Waals surface area contributed by atoms with Crippen LogP contribution in [0.4, 0.5) is 0 Å². The molecule has 164 valence electrons. The first-order chi connectivity index (χ1) is 14.9. The molecule has 4 heterocycles. The van der Waals surface area contributed by atoms with Crippen molar-refractivity contribution in [1.29, 1.82) is 0 Å². The molecule has 2 saturated heterocycles. The molecule has 3 atom stereocenters. The van der Waals surface area contributed by atoms with Crippen molar-refractivity contribution in [3.8, 4) is 0 Å². The first-order valence-corrected chi connectivity index (χ1v) is 10.5. The Kier molecular flexibility index (Phi) is 4.90. The molecule has 1 N–H and O–H groups in total. The van der Waals surface area contributed by atoms with Gasteiger partial charge in [-0.25, -0.2) is 9.78 Å². The second kappa shape index (κ2) is 7.61. The minimum absolute atomic E-state index is 0.0549. The molecule has 0 spiro atoms. The van der Waals surface area contributed by atoms with Crippen LogP contribution in [0, 0.1) is 0 Å². The topological polar surface area (TPSA) is 111 Å². The Hall–Kier alpha value is -2.98. The maximum absolute atomic E-state index is 12.9. The predicted octanol–water partition coefficient (Wildman–Crippen LogP) is -0.0551. The quantitative estimate of drug-likeness (QED) is 0.719. The number of nitrogens with zero attached hydrogens (tertiary/aromatic N) is 4. The number of hydrogen-bond acceptors (Lipinski definition) is 6. The number of imidazole rings is 1. The highest BCUT2D eigenvalue weighted by atomic mass is 16.6. The number of nitrogens with one attached hydrogen (secondary N) is 1. The van der Waals surface area contributed by atoms with E-state index in [0.717, 1.165) is 4.57 Å². The molecular formula is C21H25N5O5. The lowest BCUT2D eigenvalue weighted by atomic mass is 9.95. The summed E-state index contributed by atoms with van der Waals surface area (Å²) in [6.45, 7) is 1.39. The van der Waals surface area contributed by atoms with E-state index >= 15 is 0 Å². The van der Waals surface area contributed by atoms with E-state index in [0.29, 0.717) is 42.9 Å². The third kappa shape index (κ3) is 3.35. The van der Waals surface area contributed by atoms with E-state index in [1.807, 2.05) is 29.2 Å². The minimum Gasteiger partial charge on any atom is -0.368 e. The van der Waals surface area contributed by atoms with Crippen molar-refractivity contribution in [3.63, 3.8) is 0 Å². The zero-order chi connectivity index (χ0) is 21.7. The van der Waals surface area contributed by atoms with E-state index in [9.17, 15) is 14.4 Å². The number of amides is 1. The number of fused-ring (bicyclic) bond motifs is 2. The van der Waals surface area contributed by atoms with Gasteiger partial charge in [0.05, 0.1) is 6.61 Å². The van der Waals surface area contributed by atoms with Crippen molar-refractivity contribution >= 4 is 17.1 Å². The van der Waals surface area contributed by atoms with Crippen molar-refractivity contribution in [2.45, 2.75) is 37.1 Å². The van der Waals surface area contributed by atoms with Crippen LogP contribution in [0.25, 0.3) is 11.2 Å². The summed E-state index contributed by atoms with van der Waals surface area (Å²) in [6, 6.07) is 0. The predicted molar refractivity (Wildman–Crippen MR) is 112 cm³/mol. The number of aromatic amines is 1. The van der Waals surface area contributed by atoms with Crippen LogP contribution in [0.5, 0.6) is 0 Å². The smallest absolute Gasteiger partial charge is 0.332 e. The molecule has 31 heavy (non-hydrogen) atoms. The molecule has 1 aliphatic carbocycles. The number of aromatic nitrogens is 4. The van der Waals surface area contributed by atoms with Crippen LogP contribution in [0.15, 0.2) is 33.9 Å². The van der Waals surface area contributed by atoms with Crippen LogP contribution >= 0.6 is 0 Å². The summed E-state index contributed by atoms with van der Waals surface area (Å²) in [5, 5.41) is 0. The number of rotatable bonds is 2. The third-order valence-electron chi connectivity index (χ3n) is 6.38. The van der Waals surface area contributed by atoms with E-state index in [1.54, 1.807) is 7.05 Å². The van der Waals surface area contributed by atoms with Crippen molar-refractivity contribution < 1.29 is 14.3 Å². The number of allylic oxidation sites excluding steroid dienone is 2. The lowest BCUT2D eigenvalue weighted by Gasteiger charge is -2.38. The van der Waals surface area contributed by atoms with E-state index in [2.05, 4.69) is 9.97 Å². The Labute approximate surface area is 177 Å². The number of likely N-dealkylation sites (tertiary alicyclic amines) is 1. The Bertz CT molecular complexity index is 1200. The fourth-order valence-electron chi connectivity index (χ4n) is 4.51. The van der Waals surface area contributed by atoms with Gasteiger partial charge in [0.2, 0.25) is 0 Å². The van der Waals surface area contributed by atoms with Gasteiger partial charge in [0, 0.05) is 33.1 Å². The summed E-state index contributed by atoms with van der Waals surface area (Å²) in [5.41, 5.74) is -0.103. The lowest BCUT2D eigenvalue weighted by Crippen LogP contribution is -2.52. The van der Waals surface area contributed by atoms with Crippen molar-refractivity contribution in [2.24, 2.45) is 14.1 Å². The van der Waals surface area contributed by atoms with E-state index in [1.165, 1.54) is 11.6 Å². The zero-order valence-electron chi connectivity index (χ0n) is 17.5. The molecule has 1 amide bonds. The van der Waals surface area contributed by atoms with Crippen molar-refractivity contribution in [2.75, 3.05) is 19.7 Å². The Balaban J connectivity index is 1.27. The molecule has 0 radical (unpaired) electrons. The highest BCUT2D eigenvalue weighted by molar-refractivity contribution is 5.81. The Morgan fingerprint density at radius 1 is 1.10 bits per heavy atom. The number of carbonyl (C=O) groups excluding carboxylic acids is 1. The zero-order valence-corrected chi connectivity index (χ0v) is 17.5. The van der Waals surface area contributed by atoms with Crippen LogP contribution in [0.2, 0.25) is 0 Å². The first-order valence-electron chi connectivity index (χ1n) is 10.5.